The van der Waals surface area contributed by atoms with Crippen molar-refractivity contribution >= 4 is 17.8 Å². The van der Waals surface area contributed by atoms with Crippen molar-refractivity contribution in [1.29, 1.82) is 0 Å². The second kappa shape index (κ2) is 11.3. The fourth-order valence-electron chi connectivity index (χ4n) is 4.26. The minimum atomic E-state index is -1.30. The van der Waals surface area contributed by atoms with E-state index < -0.39 is 35.2 Å². The first kappa shape index (κ1) is 24.7. The van der Waals surface area contributed by atoms with Crippen molar-refractivity contribution in [1.82, 2.24) is 5.32 Å². The largest absolute Gasteiger partial charge is 0.480 e. The Kier molecular flexibility index (Phi) is 8.19. The van der Waals surface area contributed by atoms with E-state index in [1.807, 2.05) is 91.0 Å². The highest BCUT2D eigenvalue weighted by Crippen LogP contribution is 2.39. The van der Waals surface area contributed by atoms with E-state index >= 15 is 0 Å². The van der Waals surface area contributed by atoms with E-state index in [1.165, 1.54) is 0 Å². The standard InChI is InChI=1S/C28H29NO5/c1-3-34-24(30)19-20(2)25(26(31)32)29-27(33)28(21-13-7-4-8-14-21,22-15-9-5-10-16-22)23-17-11-6-12-18-23/h4-18,20,25H,3,19H2,1-2H3,(H,29,33)(H,31,32)/t20-,25+/m1/s1. The molecule has 0 fully saturated rings. The molecule has 2 N–H and O–H groups in total. The van der Waals surface area contributed by atoms with Gasteiger partial charge in [-0.15, -0.1) is 0 Å². The lowest BCUT2D eigenvalue weighted by Gasteiger charge is -2.36. The summed E-state index contributed by atoms with van der Waals surface area (Å²) in [6, 6.07) is 26.6. The van der Waals surface area contributed by atoms with Crippen LogP contribution in [0, 0.1) is 5.92 Å². The number of rotatable bonds is 10. The average Bonchev–Trinajstić information content (AvgIpc) is 2.85. The number of hydrogen-bond donors (Lipinski definition) is 2. The molecule has 176 valence electrons. The SMILES string of the molecule is CCOC(=O)C[C@@H](C)[C@H](NC(=O)C(c1ccccc1)(c1ccccc1)c1ccccc1)C(=O)O. The molecule has 3 aromatic carbocycles. The van der Waals surface area contributed by atoms with Crippen LogP contribution in [0.2, 0.25) is 0 Å². The van der Waals surface area contributed by atoms with Crippen molar-refractivity contribution in [2.24, 2.45) is 5.92 Å². The van der Waals surface area contributed by atoms with Gasteiger partial charge in [-0.25, -0.2) is 4.79 Å². The summed E-state index contributed by atoms with van der Waals surface area (Å²) >= 11 is 0. The molecule has 2 atom stereocenters. The average molecular weight is 460 g/mol. The Balaban J connectivity index is 2.13. The summed E-state index contributed by atoms with van der Waals surface area (Å²) in [7, 11) is 0. The predicted molar refractivity (Wildman–Crippen MR) is 129 cm³/mol. The van der Waals surface area contributed by atoms with Crippen LogP contribution < -0.4 is 5.32 Å². The molecule has 0 saturated heterocycles. The maximum atomic E-state index is 14.2. The molecule has 6 heteroatoms. The smallest absolute Gasteiger partial charge is 0.326 e. The van der Waals surface area contributed by atoms with E-state index in [0.29, 0.717) is 16.7 Å². The van der Waals surface area contributed by atoms with E-state index in [0.717, 1.165) is 0 Å². The zero-order chi connectivity index (χ0) is 24.6. The maximum absolute atomic E-state index is 14.2. The third-order valence-electron chi connectivity index (χ3n) is 5.88. The van der Waals surface area contributed by atoms with Crippen molar-refractivity contribution in [2.45, 2.75) is 31.7 Å². The summed E-state index contributed by atoms with van der Waals surface area (Å²) in [4.78, 5) is 38.4. The number of benzene rings is 3. The summed E-state index contributed by atoms with van der Waals surface area (Å²) in [5.41, 5.74) is 0.799. The fourth-order valence-corrected chi connectivity index (χ4v) is 4.26. The van der Waals surface area contributed by atoms with Gasteiger partial charge in [0.05, 0.1) is 13.0 Å². The maximum Gasteiger partial charge on any atom is 0.326 e. The molecule has 0 spiro atoms. The Morgan fingerprint density at radius 1 is 0.824 bits per heavy atom. The van der Waals surface area contributed by atoms with Gasteiger partial charge in [-0.1, -0.05) is 97.9 Å². The summed E-state index contributed by atoms with van der Waals surface area (Å²) in [6.45, 7) is 3.51. The van der Waals surface area contributed by atoms with Gasteiger partial charge < -0.3 is 15.2 Å². The van der Waals surface area contributed by atoms with Crippen molar-refractivity contribution < 1.29 is 24.2 Å². The number of carbonyl (C=O) groups is 3. The molecule has 1 amide bonds. The highest BCUT2D eigenvalue weighted by molar-refractivity contribution is 5.98. The molecule has 34 heavy (non-hydrogen) atoms. The number of esters is 1. The third kappa shape index (κ3) is 5.17. The fraction of sp³-hybridized carbons (Fsp3) is 0.250. The Morgan fingerprint density at radius 2 is 1.24 bits per heavy atom. The topological polar surface area (TPSA) is 92.7 Å². The van der Waals surface area contributed by atoms with Crippen LogP contribution >= 0.6 is 0 Å². The molecule has 0 radical (unpaired) electrons. The zero-order valence-corrected chi connectivity index (χ0v) is 19.3. The van der Waals surface area contributed by atoms with Crippen LogP contribution in [0.1, 0.15) is 37.0 Å². The summed E-state index contributed by atoms with van der Waals surface area (Å²) in [6.07, 6.45) is -0.125. The second-order valence-electron chi connectivity index (χ2n) is 8.12. The van der Waals surface area contributed by atoms with Crippen LogP contribution in [0.4, 0.5) is 0 Å². The second-order valence-corrected chi connectivity index (χ2v) is 8.12. The summed E-state index contributed by atoms with van der Waals surface area (Å²) < 4.78 is 4.98. The zero-order valence-electron chi connectivity index (χ0n) is 19.3. The van der Waals surface area contributed by atoms with Gasteiger partial charge in [0.15, 0.2) is 0 Å². The number of hydrogen-bond acceptors (Lipinski definition) is 4. The number of amides is 1. The number of aliphatic carboxylic acids is 1. The van der Waals surface area contributed by atoms with Gasteiger partial charge in [0.2, 0.25) is 5.91 Å². The molecule has 0 aromatic heterocycles. The van der Waals surface area contributed by atoms with Crippen molar-refractivity contribution in [3.63, 3.8) is 0 Å². The lowest BCUT2D eigenvalue weighted by atomic mass is 9.68. The number of carboxylic acid groups (broad SMARTS) is 1. The van der Waals surface area contributed by atoms with Gasteiger partial charge in [-0.2, -0.15) is 0 Å². The molecule has 0 aliphatic rings. The van der Waals surface area contributed by atoms with Crippen molar-refractivity contribution in [3.8, 4) is 0 Å². The first-order valence-electron chi connectivity index (χ1n) is 11.3. The lowest BCUT2D eigenvalue weighted by Crippen LogP contribution is -2.54. The third-order valence-corrected chi connectivity index (χ3v) is 5.88. The van der Waals surface area contributed by atoms with E-state index in [1.54, 1.807) is 13.8 Å². The van der Waals surface area contributed by atoms with Gasteiger partial charge in [0, 0.05) is 0 Å². The number of nitrogens with one attached hydrogen (secondary N) is 1. The van der Waals surface area contributed by atoms with Gasteiger partial charge in [-0.05, 0) is 29.5 Å². The Hall–Kier alpha value is -3.93. The Morgan fingerprint density at radius 3 is 1.59 bits per heavy atom. The normalized spacial score (nSPS) is 12.9. The van der Waals surface area contributed by atoms with Gasteiger partial charge in [0.1, 0.15) is 11.5 Å². The van der Waals surface area contributed by atoms with E-state index in [-0.39, 0.29) is 13.0 Å². The van der Waals surface area contributed by atoms with Crippen molar-refractivity contribution in [2.75, 3.05) is 6.61 Å². The van der Waals surface area contributed by atoms with Gasteiger partial charge in [-0.3, -0.25) is 9.59 Å². The van der Waals surface area contributed by atoms with Crippen LogP contribution in [-0.4, -0.2) is 35.6 Å². The molecule has 0 unspecified atom stereocenters. The molecule has 0 aliphatic heterocycles. The number of carboxylic acids is 1. The first-order chi connectivity index (χ1) is 16.4. The molecule has 0 bridgehead atoms. The number of carbonyl (C=O) groups excluding carboxylic acids is 2. The molecule has 3 aromatic rings. The quantitative estimate of drug-likeness (QED) is 0.351. The van der Waals surface area contributed by atoms with E-state index in [9.17, 15) is 19.5 Å². The molecule has 0 aliphatic carbocycles. The monoisotopic (exact) mass is 459 g/mol. The van der Waals surface area contributed by atoms with Crippen LogP contribution in [0.5, 0.6) is 0 Å². The highest BCUT2D eigenvalue weighted by atomic mass is 16.5. The van der Waals surface area contributed by atoms with Crippen LogP contribution in [0.25, 0.3) is 0 Å². The lowest BCUT2D eigenvalue weighted by molar-refractivity contribution is -0.147. The minimum absolute atomic E-state index is 0.125. The molecule has 6 nitrogen and oxygen atoms in total. The summed E-state index contributed by atoms with van der Waals surface area (Å²) in [5.74, 6) is -2.89. The first-order valence-corrected chi connectivity index (χ1v) is 11.3. The highest BCUT2D eigenvalue weighted by Gasteiger charge is 2.45. The number of ether oxygens (including phenoxy) is 1. The predicted octanol–water partition coefficient (Wildman–Crippen LogP) is 4.18. The Bertz CT molecular complexity index is 1000. The minimum Gasteiger partial charge on any atom is -0.480 e. The van der Waals surface area contributed by atoms with Crippen LogP contribution in [-0.2, 0) is 24.5 Å². The van der Waals surface area contributed by atoms with Crippen LogP contribution in [0.15, 0.2) is 91.0 Å². The van der Waals surface area contributed by atoms with Gasteiger partial charge >= 0.3 is 11.9 Å². The van der Waals surface area contributed by atoms with E-state index in [2.05, 4.69) is 5.32 Å². The Labute approximate surface area is 199 Å². The molecular weight excluding hydrogens is 430 g/mol. The molecule has 0 heterocycles. The summed E-state index contributed by atoms with van der Waals surface area (Å²) in [5, 5.41) is 12.7. The van der Waals surface area contributed by atoms with E-state index in [4.69, 9.17) is 4.74 Å². The van der Waals surface area contributed by atoms with Crippen molar-refractivity contribution in [3.05, 3.63) is 108 Å². The molecule has 0 saturated carbocycles. The molecule has 3 rings (SSSR count). The van der Waals surface area contributed by atoms with Crippen LogP contribution in [0.3, 0.4) is 0 Å². The molecular formula is C28H29NO5. The van der Waals surface area contributed by atoms with Gasteiger partial charge in [0.25, 0.3) is 0 Å².